The fourth-order valence-corrected chi connectivity index (χ4v) is 2.91. The summed E-state index contributed by atoms with van der Waals surface area (Å²) in [6, 6.07) is 0. The second-order valence-electron chi connectivity index (χ2n) is 2.64. The van der Waals surface area contributed by atoms with Crippen molar-refractivity contribution in [3.8, 4) is 0 Å². The summed E-state index contributed by atoms with van der Waals surface area (Å²) in [7, 11) is 2.02. The molecule has 4 heteroatoms. The molecule has 0 amide bonds. The predicted molar refractivity (Wildman–Crippen MR) is 55.8 cm³/mol. The number of halogens is 1. The summed E-state index contributed by atoms with van der Waals surface area (Å²) in [5, 5.41) is 4.44. The lowest BCUT2D eigenvalue weighted by Crippen LogP contribution is -2.00. The van der Waals surface area contributed by atoms with Crippen molar-refractivity contribution in [2.45, 2.75) is 12.2 Å². The Hall–Kier alpha value is 0.290. The molecule has 60 valence electrons. The van der Waals surface area contributed by atoms with Crippen LogP contribution in [0.1, 0.15) is 11.3 Å². The summed E-state index contributed by atoms with van der Waals surface area (Å²) >= 11 is 4.35. The highest BCUT2D eigenvalue weighted by Crippen LogP contribution is 2.26. The maximum atomic E-state index is 4.44. The summed E-state index contributed by atoms with van der Waals surface area (Å²) in [6.07, 6.45) is 1.20. The molecule has 1 aromatic heterocycles. The van der Waals surface area contributed by atoms with E-state index in [-0.39, 0.29) is 0 Å². The molecule has 0 radical (unpaired) electrons. The summed E-state index contributed by atoms with van der Waals surface area (Å²) in [4.78, 5) is 0. The van der Waals surface area contributed by atoms with E-state index in [1.807, 2.05) is 23.5 Å². The summed E-state index contributed by atoms with van der Waals surface area (Å²) in [6.45, 7) is 0. The van der Waals surface area contributed by atoms with Crippen LogP contribution in [0, 0.1) is 3.70 Å². The molecule has 0 spiro atoms. The van der Waals surface area contributed by atoms with Gasteiger partial charge in [0.15, 0.2) is 0 Å². The second-order valence-corrected chi connectivity index (χ2v) is 4.77. The number of nitrogens with zero attached hydrogens (tertiary/aromatic N) is 2. The van der Waals surface area contributed by atoms with Gasteiger partial charge in [-0.1, -0.05) is 0 Å². The van der Waals surface area contributed by atoms with Gasteiger partial charge in [0, 0.05) is 18.4 Å². The van der Waals surface area contributed by atoms with Crippen LogP contribution in [0.3, 0.4) is 0 Å². The zero-order valence-corrected chi connectivity index (χ0v) is 9.28. The van der Waals surface area contributed by atoms with Crippen molar-refractivity contribution in [3.63, 3.8) is 0 Å². The molecule has 0 atom stereocenters. The molecule has 2 rings (SSSR count). The highest BCUT2D eigenvalue weighted by atomic mass is 127. The lowest BCUT2D eigenvalue weighted by atomic mass is 10.2. The SMILES string of the molecule is Cn1nc2c(c1I)CCSC2. The molecule has 2 heterocycles. The topological polar surface area (TPSA) is 17.8 Å². The van der Waals surface area contributed by atoms with Gasteiger partial charge in [-0.05, 0) is 34.8 Å². The zero-order chi connectivity index (χ0) is 7.84. The minimum atomic E-state index is 1.10. The molecule has 0 N–H and O–H groups in total. The van der Waals surface area contributed by atoms with E-state index in [0.29, 0.717) is 0 Å². The molecule has 0 unspecified atom stereocenters. The third-order valence-electron chi connectivity index (χ3n) is 1.89. The predicted octanol–water partition coefficient (Wildman–Crippen LogP) is 1.81. The molecule has 0 saturated heterocycles. The number of hydrogen-bond donors (Lipinski definition) is 0. The molecular formula is C7H9IN2S. The average Bonchev–Trinajstić information content (AvgIpc) is 2.30. The molecule has 1 aromatic rings. The quantitative estimate of drug-likeness (QED) is 0.675. The molecular weight excluding hydrogens is 271 g/mol. The minimum absolute atomic E-state index is 1.10. The van der Waals surface area contributed by atoms with Crippen LogP contribution in [0.4, 0.5) is 0 Å². The molecule has 0 fully saturated rings. The number of aromatic nitrogens is 2. The largest absolute Gasteiger partial charge is 0.262 e. The first-order valence-corrected chi connectivity index (χ1v) is 5.80. The lowest BCUT2D eigenvalue weighted by Gasteiger charge is -2.07. The van der Waals surface area contributed by atoms with Crippen molar-refractivity contribution >= 4 is 34.4 Å². The van der Waals surface area contributed by atoms with Crippen LogP contribution >= 0.6 is 34.4 Å². The van der Waals surface area contributed by atoms with Crippen LogP contribution in [0.25, 0.3) is 0 Å². The highest BCUT2D eigenvalue weighted by molar-refractivity contribution is 14.1. The number of rotatable bonds is 0. The smallest absolute Gasteiger partial charge is 0.102 e. The molecule has 11 heavy (non-hydrogen) atoms. The first-order chi connectivity index (χ1) is 5.29. The van der Waals surface area contributed by atoms with E-state index in [4.69, 9.17) is 0 Å². The average molecular weight is 280 g/mol. The molecule has 1 aliphatic rings. The zero-order valence-electron chi connectivity index (χ0n) is 6.30. The van der Waals surface area contributed by atoms with Gasteiger partial charge in [-0.3, -0.25) is 4.68 Å². The van der Waals surface area contributed by atoms with Gasteiger partial charge in [-0.25, -0.2) is 0 Å². The first kappa shape index (κ1) is 7.91. The lowest BCUT2D eigenvalue weighted by molar-refractivity contribution is 0.736. The van der Waals surface area contributed by atoms with E-state index in [9.17, 15) is 0 Å². The monoisotopic (exact) mass is 280 g/mol. The van der Waals surface area contributed by atoms with E-state index in [0.717, 1.165) is 5.75 Å². The van der Waals surface area contributed by atoms with Crippen LogP contribution in [0.2, 0.25) is 0 Å². The Kier molecular flexibility index (Phi) is 2.14. The van der Waals surface area contributed by atoms with Gasteiger partial charge in [-0.15, -0.1) is 0 Å². The standard InChI is InChI=1S/C7H9IN2S/c1-10-7(8)5-2-3-11-4-6(5)9-10/h2-4H2,1H3. The van der Waals surface area contributed by atoms with E-state index < -0.39 is 0 Å². The number of hydrogen-bond acceptors (Lipinski definition) is 2. The Balaban J connectivity index is 2.50. The van der Waals surface area contributed by atoms with Crippen molar-refractivity contribution in [1.29, 1.82) is 0 Å². The van der Waals surface area contributed by atoms with Crippen molar-refractivity contribution in [2.75, 3.05) is 5.75 Å². The van der Waals surface area contributed by atoms with E-state index in [1.54, 1.807) is 0 Å². The summed E-state index contributed by atoms with van der Waals surface area (Å²) < 4.78 is 3.30. The second kappa shape index (κ2) is 2.97. The number of thioether (sulfide) groups is 1. The third kappa shape index (κ3) is 1.30. The van der Waals surface area contributed by atoms with Gasteiger partial charge in [-0.2, -0.15) is 16.9 Å². The van der Waals surface area contributed by atoms with Gasteiger partial charge in [0.05, 0.1) is 5.69 Å². The normalized spacial score (nSPS) is 16.5. The van der Waals surface area contributed by atoms with Crippen LogP contribution in [-0.2, 0) is 19.2 Å². The van der Waals surface area contributed by atoms with Gasteiger partial charge in [0.1, 0.15) is 3.70 Å². The van der Waals surface area contributed by atoms with Crippen LogP contribution in [0.5, 0.6) is 0 Å². The van der Waals surface area contributed by atoms with Crippen molar-refractivity contribution in [2.24, 2.45) is 7.05 Å². The molecule has 0 aliphatic carbocycles. The fourth-order valence-electron chi connectivity index (χ4n) is 1.31. The maximum absolute atomic E-state index is 4.44. The number of aryl methyl sites for hydroxylation is 1. The van der Waals surface area contributed by atoms with Gasteiger partial charge in [0.25, 0.3) is 0 Å². The van der Waals surface area contributed by atoms with Crippen LogP contribution in [-0.4, -0.2) is 15.5 Å². The highest BCUT2D eigenvalue weighted by Gasteiger charge is 2.17. The fraction of sp³-hybridized carbons (Fsp3) is 0.571. The van der Waals surface area contributed by atoms with E-state index in [1.165, 1.54) is 27.1 Å². The third-order valence-corrected chi connectivity index (χ3v) is 4.21. The molecule has 0 bridgehead atoms. The van der Waals surface area contributed by atoms with Crippen LogP contribution in [0.15, 0.2) is 0 Å². The van der Waals surface area contributed by atoms with Gasteiger partial charge >= 0.3 is 0 Å². The molecule has 0 aromatic carbocycles. The van der Waals surface area contributed by atoms with Crippen LogP contribution < -0.4 is 0 Å². The van der Waals surface area contributed by atoms with E-state index in [2.05, 4.69) is 27.7 Å². The van der Waals surface area contributed by atoms with E-state index >= 15 is 0 Å². The van der Waals surface area contributed by atoms with Crippen molar-refractivity contribution < 1.29 is 0 Å². The first-order valence-electron chi connectivity index (χ1n) is 3.57. The van der Waals surface area contributed by atoms with Gasteiger partial charge < -0.3 is 0 Å². The Morgan fingerprint density at radius 3 is 3.18 bits per heavy atom. The molecule has 1 aliphatic heterocycles. The Bertz CT molecular complexity index is 282. The van der Waals surface area contributed by atoms with Crippen molar-refractivity contribution in [3.05, 3.63) is 15.0 Å². The summed E-state index contributed by atoms with van der Waals surface area (Å²) in [5.41, 5.74) is 2.78. The summed E-state index contributed by atoms with van der Waals surface area (Å²) in [5.74, 6) is 2.36. The Morgan fingerprint density at radius 1 is 1.64 bits per heavy atom. The Morgan fingerprint density at radius 2 is 2.45 bits per heavy atom. The van der Waals surface area contributed by atoms with Crippen molar-refractivity contribution in [1.82, 2.24) is 9.78 Å². The van der Waals surface area contributed by atoms with Gasteiger partial charge in [0.2, 0.25) is 0 Å². The maximum Gasteiger partial charge on any atom is 0.102 e. The molecule has 2 nitrogen and oxygen atoms in total. The minimum Gasteiger partial charge on any atom is -0.262 e. The molecule has 0 saturated carbocycles. The Labute approximate surface area is 83.9 Å². The number of fused-ring (bicyclic) bond motifs is 1.